The van der Waals surface area contributed by atoms with Crippen LogP contribution in [0.15, 0.2) is 0 Å². The van der Waals surface area contributed by atoms with Gasteiger partial charge in [-0.05, 0) is 0 Å². The molecule has 0 aliphatic carbocycles. The molecule has 0 saturated carbocycles. The third-order valence-corrected chi connectivity index (χ3v) is 1.48. The smallest absolute Gasteiger partial charge is 0.365 e. The van der Waals surface area contributed by atoms with Crippen molar-refractivity contribution in [2.75, 3.05) is 6.61 Å². The number of rotatable bonds is 1. The largest absolute Gasteiger partial charge is 0.453 e. The van der Waals surface area contributed by atoms with Gasteiger partial charge >= 0.3 is 11.7 Å². The summed E-state index contributed by atoms with van der Waals surface area (Å²) in [5.41, 5.74) is 5.36. The van der Waals surface area contributed by atoms with Crippen molar-refractivity contribution in [1.29, 1.82) is 5.41 Å². The van der Waals surface area contributed by atoms with Crippen LogP contribution in [0.5, 0.6) is 0 Å². The summed E-state index contributed by atoms with van der Waals surface area (Å²) in [6.45, 7) is 2.35. The summed E-state index contributed by atoms with van der Waals surface area (Å²) in [4.78, 5) is 0. The minimum Gasteiger partial charge on any atom is -0.453 e. The zero-order valence-electron chi connectivity index (χ0n) is 6.50. The molecule has 60 valence electrons. The number of nitrogens with one attached hydrogen (secondary N) is 1. The van der Waals surface area contributed by atoms with E-state index in [1.807, 2.05) is 0 Å². The second-order valence-electron chi connectivity index (χ2n) is 2.50. The predicted molar refractivity (Wildman–Crippen MR) is 44.9 cm³/mol. The molecule has 1 unspecified atom stereocenters. The fraction of sp³-hybridized carbons (Fsp3) is 0.571. The third-order valence-electron chi connectivity index (χ3n) is 1.48. The minimum atomic E-state index is 0.0356. The summed E-state index contributed by atoms with van der Waals surface area (Å²) in [5.74, 6) is 1.10. The Kier molecular flexibility index (Phi) is 2.28. The first-order valence-electron chi connectivity index (χ1n) is 3.55. The lowest BCUT2D eigenvalue weighted by molar-refractivity contribution is 0.343. The fourth-order valence-electron chi connectivity index (χ4n) is 0.965. The zero-order valence-corrected chi connectivity index (χ0v) is 6.50. The van der Waals surface area contributed by atoms with Gasteiger partial charge in [-0.1, -0.05) is 0 Å². The molecular formula is C7H12N3O+. The summed E-state index contributed by atoms with van der Waals surface area (Å²) >= 11 is 0. The van der Waals surface area contributed by atoms with Gasteiger partial charge in [0.15, 0.2) is 0 Å². The van der Waals surface area contributed by atoms with E-state index < -0.39 is 0 Å². The van der Waals surface area contributed by atoms with Crippen LogP contribution in [-0.4, -0.2) is 24.6 Å². The molecule has 0 aromatic carbocycles. The van der Waals surface area contributed by atoms with Gasteiger partial charge in [0.25, 0.3) is 0 Å². The number of nitrogens with two attached hydrogens (primary N) is 1. The molecule has 0 aromatic heterocycles. The molecule has 1 fully saturated rings. The van der Waals surface area contributed by atoms with Crippen LogP contribution in [0.4, 0.5) is 0 Å². The highest BCUT2D eigenvalue weighted by molar-refractivity contribution is 5.96. The molecular weight excluding hydrogens is 142 g/mol. The lowest BCUT2D eigenvalue weighted by Crippen LogP contribution is -2.18. The molecule has 1 atom stereocenters. The van der Waals surface area contributed by atoms with Crippen molar-refractivity contribution in [3.05, 3.63) is 0 Å². The third kappa shape index (κ3) is 1.82. The Labute approximate surface area is 65.3 Å². The van der Waals surface area contributed by atoms with Gasteiger partial charge in [0.2, 0.25) is 0 Å². The van der Waals surface area contributed by atoms with Crippen molar-refractivity contribution in [3.63, 3.8) is 0 Å². The van der Waals surface area contributed by atoms with E-state index in [-0.39, 0.29) is 5.92 Å². The summed E-state index contributed by atoms with van der Waals surface area (Å²) < 4.78 is 9.13. The van der Waals surface area contributed by atoms with E-state index in [4.69, 9.17) is 15.9 Å². The summed E-state index contributed by atoms with van der Waals surface area (Å²) in [6, 6.07) is 0. The summed E-state index contributed by atoms with van der Waals surface area (Å²) in [6.07, 6.45) is 2.18. The Bertz CT molecular complexity index is 224. The molecule has 0 amide bonds. The standard InChI is InChI=1S/C7H11N3O/c1-5(9)10-7-6(4-8)2-3-11-7/h4,6,8-9H,2-3H2,1H3/p+1. The lowest BCUT2D eigenvalue weighted by Gasteiger charge is -1.90. The second-order valence-corrected chi connectivity index (χ2v) is 2.50. The van der Waals surface area contributed by atoms with Crippen LogP contribution in [0, 0.1) is 11.3 Å². The van der Waals surface area contributed by atoms with Crippen molar-refractivity contribution >= 4 is 17.9 Å². The normalized spacial score (nSPS) is 22.3. The minimum absolute atomic E-state index is 0.0356. The lowest BCUT2D eigenvalue weighted by atomic mass is 10.1. The first-order chi connectivity index (χ1) is 5.24. The Morgan fingerprint density at radius 1 is 1.91 bits per heavy atom. The Morgan fingerprint density at radius 3 is 3.18 bits per heavy atom. The molecule has 0 radical (unpaired) electrons. The Hall–Kier alpha value is -1.28. The molecule has 1 heterocycles. The van der Waals surface area contributed by atoms with Crippen molar-refractivity contribution in [2.24, 2.45) is 11.7 Å². The molecule has 3 N–H and O–H groups in total. The highest BCUT2D eigenvalue weighted by Gasteiger charge is 2.26. The van der Waals surface area contributed by atoms with E-state index >= 15 is 0 Å². The maximum absolute atomic E-state index is 7.04. The van der Waals surface area contributed by atoms with Crippen LogP contribution in [0.3, 0.4) is 0 Å². The number of amidine groups is 1. The predicted octanol–water partition coefficient (Wildman–Crippen LogP) is -0.485. The molecule has 0 spiro atoms. The SMILES string of the molecule is CC(N)=[N+]=C1OCCC1C=N. The monoisotopic (exact) mass is 154 g/mol. The van der Waals surface area contributed by atoms with E-state index in [1.54, 1.807) is 6.92 Å². The van der Waals surface area contributed by atoms with Gasteiger partial charge in [0, 0.05) is 12.6 Å². The fourth-order valence-corrected chi connectivity index (χ4v) is 0.965. The molecule has 1 rings (SSSR count). The highest BCUT2D eigenvalue weighted by atomic mass is 16.5. The van der Waals surface area contributed by atoms with E-state index in [9.17, 15) is 0 Å². The van der Waals surface area contributed by atoms with Crippen LogP contribution in [0.2, 0.25) is 0 Å². The summed E-state index contributed by atoms with van der Waals surface area (Å²) in [5, 5.41) is 7.04. The van der Waals surface area contributed by atoms with Gasteiger partial charge in [-0.2, -0.15) is 4.67 Å². The van der Waals surface area contributed by atoms with E-state index in [0.29, 0.717) is 18.3 Å². The van der Waals surface area contributed by atoms with Gasteiger partial charge < -0.3 is 10.1 Å². The maximum Gasteiger partial charge on any atom is 0.365 e. The number of ether oxygens (including phenoxy) is 1. The quantitative estimate of drug-likeness (QED) is 0.304. The summed E-state index contributed by atoms with van der Waals surface area (Å²) in [7, 11) is 0. The van der Waals surface area contributed by atoms with Crippen LogP contribution >= 0.6 is 0 Å². The molecule has 4 heteroatoms. The molecule has 1 aliphatic rings. The zero-order chi connectivity index (χ0) is 8.27. The number of hydrogen-bond donors (Lipinski definition) is 2. The van der Waals surface area contributed by atoms with E-state index in [2.05, 4.69) is 4.67 Å². The van der Waals surface area contributed by atoms with Gasteiger partial charge in [0.05, 0.1) is 13.5 Å². The topological polar surface area (TPSA) is 73.2 Å². The van der Waals surface area contributed by atoms with Gasteiger partial charge in [-0.3, -0.25) is 5.73 Å². The second kappa shape index (κ2) is 3.21. The molecule has 1 aliphatic heterocycles. The van der Waals surface area contributed by atoms with E-state index in [0.717, 1.165) is 6.42 Å². The van der Waals surface area contributed by atoms with Crippen molar-refractivity contribution < 1.29 is 4.74 Å². The van der Waals surface area contributed by atoms with Crippen molar-refractivity contribution in [3.8, 4) is 0 Å². The molecule has 1 saturated heterocycles. The van der Waals surface area contributed by atoms with Gasteiger partial charge in [-0.15, -0.1) is 0 Å². The first-order valence-corrected chi connectivity index (χ1v) is 3.55. The van der Waals surface area contributed by atoms with Gasteiger partial charge in [0.1, 0.15) is 5.92 Å². The molecule has 0 bridgehead atoms. The molecule has 11 heavy (non-hydrogen) atoms. The van der Waals surface area contributed by atoms with Crippen LogP contribution in [0.25, 0.3) is 0 Å². The first kappa shape index (κ1) is 7.82. The van der Waals surface area contributed by atoms with Crippen molar-refractivity contribution in [1.82, 2.24) is 4.67 Å². The maximum atomic E-state index is 7.04. The van der Waals surface area contributed by atoms with Gasteiger partial charge in [-0.25, -0.2) is 0 Å². The number of nitrogens with zero attached hydrogens (tertiary/aromatic N) is 1. The Balaban J connectivity index is 2.87. The van der Waals surface area contributed by atoms with Crippen LogP contribution in [-0.2, 0) is 4.74 Å². The average Bonchev–Trinajstić information content (AvgIpc) is 2.34. The molecule has 4 nitrogen and oxygen atoms in total. The van der Waals surface area contributed by atoms with Crippen molar-refractivity contribution in [2.45, 2.75) is 13.3 Å². The molecule has 0 aromatic rings. The average molecular weight is 154 g/mol. The Morgan fingerprint density at radius 2 is 2.64 bits per heavy atom. The highest BCUT2D eigenvalue weighted by Crippen LogP contribution is 2.10. The number of hydrogen-bond acceptors (Lipinski definition) is 2. The van der Waals surface area contributed by atoms with E-state index in [1.165, 1.54) is 6.21 Å². The van der Waals surface area contributed by atoms with Crippen LogP contribution in [0.1, 0.15) is 13.3 Å². The van der Waals surface area contributed by atoms with Crippen LogP contribution < -0.4 is 10.4 Å².